The van der Waals surface area contributed by atoms with Gasteiger partial charge in [0.25, 0.3) is 5.91 Å². The van der Waals surface area contributed by atoms with E-state index in [1.807, 2.05) is 32.0 Å². The first-order chi connectivity index (χ1) is 16.9. The molecule has 6 nitrogen and oxygen atoms in total. The number of fused-ring (bicyclic) bond motifs is 2. The highest BCUT2D eigenvalue weighted by Gasteiger charge is 2.61. The van der Waals surface area contributed by atoms with Crippen LogP contribution in [-0.4, -0.2) is 30.0 Å². The Balaban J connectivity index is 1.52. The molecule has 1 spiro atoms. The average molecular weight is 490 g/mol. The molecule has 1 atom stereocenters. The normalized spacial score (nSPS) is 18.9. The second-order valence-corrected chi connectivity index (χ2v) is 9.73. The van der Waals surface area contributed by atoms with Gasteiger partial charge in [-0.2, -0.15) is 0 Å². The molecular weight excluding hydrogens is 465 g/mol. The van der Waals surface area contributed by atoms with Crippen LogP contribution in [0.2, 0.25) is 0 Å². The highest BCUT2D eigenvalue weighted by Crippen LogP contribution is 2.55. The Morgan fingerprint density at radius 3 is 2.63 bits per heavy atom. The number of aryl methyl sites for hydroxylation is 2. The van der Waals surface area contributed by atoms with Crippen LogP contribution in [0.3, 0.4) is 0 Å². The highest BCUT2D eigenvalue weighted by atomic mass is 32.2. The van der Waals surface area contributed by atoms with E-state index in [1.54, 1.807) is 30.3 Å². The van der Waals surface area contributed by atoms with Gasteiger partial charge in [-0.1, -0.05) is 49.4 Å². The molecule has 1 unspecified atom stereocenters. The molecule has 1 N–H and O–H groups in total. The number of anilines is 3. The van der Waals surface area contributed by atoms with Gasteiger partial charge >= 0.3 is 0 Å². The van der Waals surface area contributed by atoms with Gasteiger partial charge < -0.3 is 5.32 Å². The lowest BCUT2D eigenvalue weighted by Crippen LogP contribution is -2.51. The number of thioether (sulfide) groups is 1. The number of carbonyl (C=O) groups is 3. The van der Waals surface area contributed by atoms with E-state index in [1.165, 1.54) is 39.8 Å². The monoisotopic (exact) mass is 489 g/mol. The van der Waals surface area contributed by atoms with Crippen LogP contribution in [0.25, 0.3) is 0 Å². The maximum atomic E-state index is 14.1. The Kier molecular flexibility index (Phi) is 5.84. The number of benzene rings is 3. The average Bonchev–Trinajstić information content (AvgIpc) is 3.31. The largest absolute Gasteiger partial charge is 0.324 e. The Morgan fingerprint density at radius 1 is 1.09 bits per heavy atom. The Morgan fingerprint density at radius 2 is 1.86 bits per heavy atom. The summed E-state index contributed by atoms with van der Waals surface area (Å²) >= 11 is 1.19. The zero-order valence-electron chi connectivity index (χ0n) is 19.4. The molecule has 178 valence electrons. The summed E-state index contributed by atoms with van der Waals surface area (Å²) in [6.07, 6.45) is 0.757. The number of rotatable bonds is 5. The molecule has 3 amide bonds. The molecule has 0 aromatic heterocycles. The molecule has 2 heterocycles. The number of hydrogen-bond donors (Lipinski definition) is 1. The van der Waals surface area contributed by atoms with Gasteiger partial charge in [0.05, 0.1) is 11.4 Å². The van der Waals surface area contributed by atoms with E-state index in [2.05, 4.69) is 5.32 Å². The van der Waals surface area contributed by atoms with Crippen molar-refractivity contribution in [1.29, 1.82) is 0 Å². The number of amides is 3. The topological polar surface area (TPSA) is 69.7 Å². The van der Waals surface area contributed by atoms with Crippen molar-refractivity contribution in [3.05, 3.63) is 89.2 Å². The predicted octanol–water partition coefficient (Wildman–Crippen LogP) is 4.61. The summed E-state index contributed by atoms with van der Waals surface area (Å²) < 4.78 is 14.1. The van der Waals surface area contributed by atoms with Crippen LogP contribution in [-0.2, 0) is 25.7 Å². The molecule has 35 heavy (non-hydrogen) atoms. The van der Waals surface area contributed by atoms with E-state index in [-0.39, 0.29) is 24.1 Å². The first kappa shape index (κ1) is 23.1. The van der Waals surface area contributed by atoms with E-state index >= 15 is 0 Å². The van der Waals surface area contributed by atoms with Crippen molar-refractivity contribution in [2.75, 3.05) is 27.4 Å². The molecule has 3 aromatic rings. The van der Waals surface area contributed by atoms with E-state index in [0.717, 1.165) is 23.2 Å². The smallest absolute Gasteiger partial charge is 0.269 e. The number of nitrogens with zero attached hydrogens (tertiary/aromatic N) is 2. The van der Waals surface area contributed by atoms with Crippen molar-refractivity contribution in [3.63, 3.8) is 0 Å². The molecule has 0 radical (unpaired) electrons. The molecule has 2 aliphatic heterocycles. The summed E-state index contributed by atoms with van der Waals surface area (Å²) in [5.74, 6) is -1.44. The van der Waals surface area contributed by atoms with E-state index in [4.69, 9.17) is 0 Å². The van der Waals surface area contributed by atoms with Crippen molar-refractivity contribution in [2.24, 2.45) is 0 Å². The minimum Gasteiger partial charge on any atom is -0.324 e. The number of carbonyl (C=O) groups excluding carboxylic acids is 3. The van der Waals surface area contributed by atoms with Crippen molar-refractivity contribution in [3.8, 4) is 0 Å². The standard InChI is InChI=1S/C27H24FN3O3S/c1-3-18-9-6-8-17(2)25(18)29-23(32)15-30-22-13-5-4-12-21(22)27(26(30)34)31(24(33)16-35-27)20-11-7-10-19(28)14-20/h4-14H,3,15-16H2,1-2H3,(H,29,32). The Hall–Kier alpha value is -3.65. The van der Waals surface area contributed by atoms with Gasteiger partial charge in [0.15, 0.2) is 0 Å². The van der Waals surface area contributed by atoms with E-state index in [9.17, 15) is 18.8 Å². The van der Waals surface area contributed by atoms with Crippen LogP contribution < -0.4 is 15.1 Å². The lowest BCUT2D eigenvalue weighted by atomic mass is 10.0. The van der Waals surface area contributed by atoms with Crippen LogP contribution in [0.5, 0.6) is 0 Å². The molecule has 8 heteroatoms. The van der Waals surface area contributed by atoms with Crippen molar-refractivity contribution in [1.82, 2.24) is 0 Å². The number of hydrogen-bond acceptors (Lipinski definition) is 4. The summed E-state index contributed by atoms with van der Waals surface area (Å²) in [5.41, 5.74) is 4.19. The summed E-state index contributed by atoms with van der Waals surface area (Å²) in [4.78, 5) is 41.6. The second kappa shape index (κ2) is 8.85. The molecular formula is C27H24FN3O3S. The number of nitrogens with one attached hydrogen (secondary N) is 1. The molecule has 3 aromatic carbocycles. The third-order valence-corrected chi connectivity index (χ3v) is 7.82. The molecule has 1 saturated heterocycles. The fourth-order valence-corrected chi connectivity index (χ4v) is 6.21. The Bertz CT molecular complexity index is 1360. The lowest BCUT2D eigenvalue weighted by molar-refractivity contribution is -0.124. The van der Waals surface area contributed by atoms with Crippen molar-refractivity contribution in [2.45, 2.75) is 25.1 Å². The lowest BCUT2D eigenvalue weighted by Gasteiger charge is -2.33. The van der Waals surface area contributed by atoms with Crippen molar-refractivity contribution < 1.29 is 18.8 Å². The SMILES string of the molecule is CCc1cccc(C)c1NC(=O)CN1C(=O)C2(SCC(=O)N2c2cccc(F)c2)c2ccccc21. The fourth-order valence-electron chi connectivity index (χ4n) is 4.85. The van der Waals surface area contributed by atoms with Crippen LogP contribution in [0.1, 0.15) is 23.6 Å². The summed E-state index contributed by atoms with van der Waals surface area (Å²) in [6.45, 7) is 3.74. The molecule has 0 bridgehead atoms. The van der Waals surface area contributed by atoms with Gasteiger partial charge in [0.2, 0.25) is 16.7 Å². The summed E-state index contributed by atoms with van der Waals surface area (Å²) in [5, 5.41) is 2.98. The molecule has 2 aliphatic rings. The summed E-state index contributed by atoms with van der Waals surface area (Å²) in [6, 6.07) is 18.7. The molecule has 0 aliphatic carbocycles. The van der Waals surface area contributed by atoms with Crippen molar-refractivity contribution >= 4 is 46.5 Å². The van der Waals surface area contributed by atoms with Gasteiger partial charge in [0.1, 0.15) is 12.4 Å². The first-order valence-electron chi connectivity index (χ1n) is 11.4. The first-order valence-corrected chi connectivity index (χ1v) is 12.4. The van der Waals surface area contributed by atoms with Gasteiger partial charge in [-0.05, 0) is 48.7 Å². The van der Waals surface area contributed by atoms with Gasteiger partial charge in [-0.25, -0.2) is 4.39 Å². The number of halogens is 1. The Labute approximate surface area is 207 Å². The third-order valence-electron chi connectivity index (χ3n) is 6.44. The molecule has 0 saturated carbocycles. The maximum absolute atomic E-state index is 14.1. The van der Waals surface area contributed by atoms with Gasteiger partial charge in [0, 0.05) is 16.9 Å². The third kappa shape index (κ3) is 3.69. The minimum absolute atomic E-state index is 0.0691. The van der Waals surface area contributed by atoms with Gasteiger partial charge in [-0.3, -0.25) is 24.2 Å². The van der Waals surface area contributed by atoms with Crippen LogP contribution in [0.4, 0.5) is 21.5 Å². The van der Waals surface area contributed by atoms with Crippen LogP contribution >= 0.6 is 11.8 Å². The highest BCUT2D eigenvalue weighted by molar-refractivity contribution is 8.02. The predicted molar refractivity (Wildman–Crippen MR) is 136 cm³/mol. The quantitative estimate of drug-likeness (QED) is 0.568. The minimum atomic E-state index is -1.39. The summed E-state index contributed by atoms with van der Waals surface area (Å²) in [7, 11) is 0. The van der Waals surface area contributed by atoms with Crippen LogP contribution in [0.15, 0.2) is 66.7 Å². The number of para-hydroxylation sites is 2. The molecule has 1 fully saturated rings. The van der Waals surface area contributed by atoms with E-state index < -0.39 is 16.6 Å². The zero-order valence-corrected chi connectivity index (χ0v) is 20.2. The molecule has 5 rings (SSSR count). The van der Waals surface area contributed by atoms with E-state index in [0.29, 0.717) is 16.9 Å². The maximum Gasteiger partial charge on any atom is 0.269 e. The zero-order chi connectivity index (χ0) is 24.7. The second-order valence-electron chi connectivity index (χ2n) is 8.56. The fraction of sp³-hybridized carbons (Fsp3) is 0.222. The van der Waals surface area contributed by atoms with Crippen LogP contribution in [0, 0.1) is 12.7 Å². The van der Waals surface area contributed by atoms with Gasteiger partial charge in [-0.15, -0.1) is 11.8 Å².